The second kappa shape index (κ2) is 9.73. The van der Waals surface area contributed by atoms with Gasteiger partial charge in [0.15, 0.2) is 5.06 Å². The molecule has 0 aliphatic carbocycles. The number of fused-ring (bicyclic) bond motifs is 1. The van der Waals surface area contributed by atoms with E-state index in [-0.39, 0.29) is 5.97 Å². The lowest BCUT2D eigenvalue weighted by atomic mass is 10.0. The largest absolute Gasteiger partial charge is 0.497 e. The number of carbonyl (C=O) groups is 2. The number of hydrogen-bond donors (Lipinski definition) is 0. The molecule has 0 amide bonds. The number of methoxy groups -OCH3 is 2. The highest BCUT2D eigenvalue weighted by Crippen LogP contribution is 2.38. The van der Waals surface area contributed by atoms with E-state index in [4.69, 9.17) is 25.8 Å². The SMILES string of the molecule is COC(=O)C(c1ccccc1Cl)N1CCc2sc(OC(=O)c3ccc(OC)cc3)cc2C1. The van der Waals surface area contributed by atoms with Crippen molar-refractivity contribution in [2.75, 3.05) is 20.8 Å². The van der Waals surface area contributed by atoms with Crippen molar-refractivity contribution in [3.05, 3.63) is 81.2 Å². The van der Waals surface area contributed by atoms with Gasteiger partial charge in [0.25, 0.3) is 0 Å². The molecule has 4 rings (SSSR count). The van der Waals surface area contributed by atoms with Crippen molar-refractivity contribution in [1.29, 1.82) is 0 Å². The summed E-state index contributed by atoms with van der Waals surface area (Å²) >= 11 is 7.84. The maximum absolute atomic E-state index is 12.6. The van der Waals surface area contributed by atoms with Crippen LogP contribution in [0.25, 0.3) is 0 Å². The minimum absolute atomic E-state index is 0.358. The van der Waals surface area contributed by atoms with Crippen molar-refractivity contribution in [3.63, 3.8) is 0 Å². The zero-order chi connectivity index (χ0) is 22.7. The van der Waals surface area contributed by atoms with Crippen LogP contribution in [0.4, 0.5) is 0 Å². The van der Waals surface area contributed by atoms with Gasteiger partial charge < -0.3 is 14.2 Å². The molecule has 1 aromatic heterocycles. The maximum Gasteiger partial charge on any atom is 0.344 e. The lowest BCUT2D eigenvalue weighted by Gasteiger charge is -2.33. The van der Waals surface area contributed by atoms with Crippen molar-refractivity contribution in [3.8, 4) is 10.8 Å². The van der Waals surface area contributed by atoms with Gasteiger partial charge in [0.1, 0.15) is 11.8 Å². The summed E-state index contributed by atoms with van der Waals surface area (Å²) in [6, 6.07) is 15.3. The summed E-state index contributed by atoms with van der Waals surface area (Å²) in [5.41, 5.74) is 2.19. The number of esters is 2. The van der Waals surface area contributed by atoms with E-state index in [2.05, 4.69) is 0 Å². The summed E-state index contributed by atoms with van der Waals surface area (Å²) < 4.78 is 15.8. The summed E-state index contributed by atoms with van der Waals surface area (Å²) in [5.74, 6) is -0.110. The average Bonchev–Trinajstić information content (AvgIpc) is 3.22. The summed E-state index contributed by atoms with van der Waals surface area (Å²) in [4.78, 5) is 28.3. The molecule has 2 heterocycles. The Morgan fingerprint density at radius 3 is 2.53 bits per heavy atom. The Morgan fingerprint density at radius 2 is 1.84 bits per heavy atom. The van der Waals surface area contributed by atoms with Crippen LogP contribution in [0, 0.1) is 0 Å². The van der Waals surface area contributed by atoms with Crippen LogP contribution >= 0.6 is 22.9 Å². The second-order valence-electron chi connectivity index (χ2n) is 7.30. The molecule has 0 radical (unpaired) electrons. The molecule has 1 unspecified atom stereocenters. The summed E-state index contributed by atoms with van der Waals surface area (Å²) in [7, 11) is 2.95. The predicted molar refractivity (Wildman–Crippen MR) is 123 cm³/mol. The molecular weight excluding hydrogens is 450 g/mol. The van der Waals surface area contributed by atoms with Gasteiger partial charge in [-0.1, -0.05) is 29.8 Å². The number of nitrogens with zero attached hydrogens (tertiary/aromatic N) is 1. The highest BCUT2D eigenvalue weighted by atomic mass is 35.5. The lowest BCUT2D eigenvalue weighted by Crippen LogP contribution is -2.38. The predicted octanol–water partition coefficient (Wildman–Crippen LogP) is 4.90. The molecule has 3 aromatic rings. The lowest BCUT2D eigenvalue weighted by molar-refractivity contribution is -0.147. The number of halogens is 1. The van der Waals surface area contributed by atoms with E-state index in [1.165, 1.54) is 18.4 Å². The van der Waals surface area contributed by atoms with Crippen LogP contribution in [0.5, 0.6) is 10.8 Å². The van der Waals surface area contributed by atoms with Crippen LogP contribution in [0.15, 0.2) is 54.6 Å². The molecule has 166 valence electrons. The fourth-order valence-electron chi connectivity index (χ4n) is 3.76. The van der Waals surface area contributed by atoms with Gasteiger partial charge in [-0.2, -0.15) is 0 Å². The van der Waals surface area contributed by atoms with Crippen molar-refractivity contribution in [1.82, 2.24) is 4.90 Å². The summed E-state index contributed by atoms with van der Waals surface area (Å²) in [6.07, 6.45) is 0.734. The molecular formula is C24H22ClNO5S. The van der Waals surface area contributed by atoms with E-state index in [1.54, 1.807) is 37.4 Å². The maximum atomic E-state index is 12.6. The highest BCUT2D eigenvalue weighted by Gasteiger charge is 2.33. The van der Waals surface area contributed by atoms with Crippen LogP contribution in [0.2, 0.25) is 5.02 Å². The number of thiophene rings is 1. The average molecular weight is 472 g/mol. The molecule has 2 aromatic carbocycles. The van der Waals surface area contributed by atoms with Crippen molar-refractivity contribution < 1.29 is 23.8 Å². The fourth-order valence-corrected chi connectivity index (χ4v) is 5.01. The zero-order valence-electron chi connectivity index (χ0n) is 17.7. The Kier molecular flexibility index (Phi) is 6.79. The van der Waals surface area contributed by atoms with Crippen LogP contribution < -0.4 is 9.47 Å². The molecule has 0 saturated carbocycles. The standard InChI is InChI=1S/C24H22ClNO5S/c1-29-17-9-7-15(8-10-17)23(27)31-21-13-16-14-26(12-11-20(16)32-21)22(24(28)30-2)18-5-3-4-6-19(18)25/h3-10,13,22H,11-12,14H2,1-2H3. The van der Waals surface area contributed by atoms with Gasteiger partial charge in [0.05, 0.1) is 19.8 Å². The Hall–Kier alpha value is -2.87. The smallest absolute Gasteiger partial charge is 0.344 e. The molecule has 1 aliphatic heterocycles. The highest BCUT2D eigenvalue weighted by molar-refractivity contribution is 7.14. The van der Waals surface area contributed by atoms with Gasteiger partial charge >= 0.3 is 11.9 Å². The third kappa shape index (κ3) is 4.65. The summed E-state index contributed by atoms with van der Waals surface area (Å²) in [6.45, 7) is 1.18. The molecule has 32 heavy (non-hydrogen) atoms. The monoisotopic (exact) mass is 471 g/mol. The Balaban J connectivity index is 1.52. The topological polar surface area (TPSA) is 65.1 Å². The molecule has 6 nitrogen and oxygen atoms in total. The molecule has 0 spiro atoms. The molecule has 1 aliphatic rings. The van der Waals surface area contributed by atoms with E-state index in [1.807, 2.05) is 29.2 Å². The van der Waals surface area contributed by atoms with E-state index >= 15 is 0 Å². The Bertz CT molecular complexity index is 1130. The molecule has 8 heteroatoms. The van der Waals surface area contributed by atoms with E-state index in [0.717, 1.165) is 16.9 Å². The second-order valence-corrected chi connectivity index (χ2v) is 8.81. The van der Waals surface area contributed by atoms with E-state index in [9.17, 15) is 9.59 Å². The number of benzene rings is 2. The quantitative estimate of drug-likeness (QED) is 0.476. The fraction of sp³-hybridized carbons (Fsp3) is 0.250. The van der Waals surface area contributed by atoms with Crippen molar-refractivity contribution >= 4 is 34.9 Å². The van der Waals surface area contributed by atoms with Crippen LogP contribution in [-0.4, -0.2) is 37.6 Å². The van der Waals surface area contributed by atoms with Gasteiger partial charge in [0, 0.05) is 23.0 Å². The first-order chi connectivity index (χ1) is 15.5. The minimum atomic E-state index is -0.605. The molecule has 0 N–H and O–H groups in total. The van der Waals surface area contributed by atoms with Crippen LogP contribution in [0.3, 0.4) is 0 Å². The Morgan fingerprint density at radius 1 is 1.09 bits per heavy atom. The van der Waals surface area contributed by atoms with E-state index < -0.39 is 12.0 Å². The third-order valence-corrected chi connectivity index (χ3v) is 6.84. The van der Waals surface area contributed by atoms with Gasteiger partial charge in [-0.15, -0.1) is 11.3 Å². The van der Waals surface area contributed by atoms with Gasteiger partial charge in [-0.25, -0.2) is 9.59 Å². The first-order valence-corrected chi connectivity index (χ1v) is 11.2. The van der Waals surface area contributed by atoms with Crippen LogP contribution in [0.1, 0.15) is 32.4 Å². The zero-order valence-corrected chi connectivity index (χ0v) is 19.2. The normalized spacial score (nSPS) is 14.3. The molecule has 0 saturated heterocycles. The third-order valence-electron chi connectivity index (χ3n) is 5.38. The number of ether oxygens (including phenoxy) is 3. The molecule has 0 fully saturated rings. The van der Waals surface area contributed by atoms with Crippen molar-refractivity contribution in [2.45, 2.75) is 19.0 Å². The minimum Gasteiger partial charge on any atom is -0.497 e. The van der Waals surface area contributed by atoms with Crippen molar-refractivity contribution in [2.24, 2.45) is 0 Å². The van der Waals surface area contributed by atoms with Gasteiger partial charge in [-0.05, 0) is 53.9 Å². The van der Waals surface area contributed by atoms with E-state index in [0.29, 0.717) is 40.1 Å². The summed E-state index contributed by atoms with van der Waals surface area (Å²) in [5, 5.41) is 1.05. The van der Waals surface area contributed by atoms with Crippen LogP contribution in [-0.2, 0) is 22.5 Å². The first kappa shape index (κ1) is 22.3. The van der Waals surface area contributed by atoms with Gasteiger partial charge in [-0.3, -0.25) is 4.90 Å². The Labute approximate surface area is 195 Å². The number of carbonyl (C=O) groups excluding carboxylic acids is 2. The number of hydrogen-bond acceptors (Lipinski definition) is 7. The van der Waals surface area contributed by atoms with Gasteiger partial charge in [0.2, 0.25) is 0 Å². The molecule has 1 atom stereocenters. The molecule has 0 bridgehead atoms. The first-order valence-electron chi connectivity index (χ1n) is 10.0. The number of rotatable bonds is 6.